The zero-order chi connectivity index (χ0) is 11.4. The predicted molar refractivity (Wildman–Crippen MR) is 69.3 cm³/mol. The van der Waals surface area contributed by atoms with Crippen molar-refractivity contribution in [3.05, 3.63) is 5.82 Å². The predicted octanol–water partition coefficient (Wildman–Crippen LogP) is 3.30. The molecule has 1 heterocycles. The average Bonchev–Trinajstić information content (AvgIpc) is 2.73. The first-order chi connectivity index (χ1) is 7.79. The van der Waals surface area contributed by atoms with E-state index in [1.807, 2.05) is 6.92 Å². The first-order valence-electron chi connectivity index (χ1n) is 5.89. The van der Waals surface area contributed by atoms with Crippen LogP contribution in [0, 0.1) is 18.8 Å². The number of rotatable bonds is 4. The fraction of sp³-hybridized carbons (Fsp3) is 0.818. The number of hydrogen-bond donors (Lipinski definition) is 1. The molecular formula is C11H18ClN3S. The maximum Gasteiger partial charge on any atom is 0.202 e. The Morgan fingerprint density at radius 3 is 2.75 bits per heavy atom. The SMILES string of the molecule is Cc1nsc(NCC2CCCCC2CCl)n1. The molecule has 1 N–H and O–H groups in total. The highest BCUT2D eigenvalue weighted by Gasteiger charge is 2.24. The monoisotopic (exact) mass is 259 g/mol. The molecule has 16 heavy (non-hydrogen) atoms. The van der Waals surface area contributed by atoms with Crippen molar-refractivity contribution in [2.45, 2.75) is 32.6 Å². The van der Waals surface area contributed by atoms with E-state index in [1.165, 1.54) is 37.2 Å². The average molecular weight is 260 g/mol. The van der Waals surface area contributed by atoms with Gasteiger partial charge in [-0.2, -0.15) is 4.37 Å². The van der Waals surface area contributed by atoms with Crippen LogP contribution in [-0.4, -0.2) is 21.8 Å². The quantitative estimate of drug-likeness (QED) is 0.843. The van der Waals surface area contributed by atoms with E-state index in [2.05, 4.69) is 14.7 Å². The van der Waals surface area contributed by atoms with Crippen molar-refractivity contribution in [3.8, 4) is 0 Å². The Hall–Kier alpha value is -0.350. The molecule has 5 heteroatoms. The molecule has 0 spiro atoms. The standard InChI is InChI=1S/C11H18ClN3S/c1-8-14-11(16-15-8)13-7-10-5-3-2-4-9(10)6-12/h9-10H,2-7H2,1H3,(H,13,14,15). The summed E-state index contributed by atoms with van der Waals surface area (Å²) >= 11 is 7.45. The van der Waals surface area contributed by atoms with Gasteiger partial charge in [-0.15, -0.1) is 11.6 Å². The summed E-state index contributed by atoms with van der Waals surface area (Å²) in [6.07, 6.45) is 5.26. The molecule has 2 unspecified atom stereocenters. The molecule has 90 valence electrons. The van der Waals surface area contributed by atoms with Crippen LogP contribution in [0.3, 0.4) is 0 Å². The van der Waals surface area contributed by atoms with E-state index in [-0.39, 0.29) is 0 Å². The molecule has 1 aromatic rings. The van der Waals surface area contributed by atoms with Crippen LogP contribution in [0.15, 0.2) is 0 Å². The van der Waals surface area contributed by atoms with Crippen LogP contribution in [0.25, 0.3) is 0 Å². The molecular weight excluding hydrogens is 242 g/mol. The summed E-state index contributed by atoms with van der Waals surface area (Å²) in [5.74, 6) is 3.03. The number of hydrogen-bond acceptors (Lipinski definition) is 4. The van der Waals surface area contributed by atoms with Crippen LogP contribution in [-0.2, 0) is 0 Å². The van der Waals surface area contributed by atoms with Crippen LogP contribution in [0.5, 0.6) is 0 Å². The summed E-state index contributed by atoms with van der Waals surface area (Å²) in [5.41, 5.74) is 0. The summed E-state index contributed by atoms with van der Waals surface area (Å²) in [6, 6.07) is 0. The molecule has 1 fully saturated rings. The van der Waals surface area contributed by atoms with Crippen LogP contribution >= 0.6 is 23.1 Å². The molecule has 3 nitrogen and oxygen atoms in total. The molecule has 2 atom stereocenters. The largest absolute Gasteiger partial charge is 0.360 e. The maximum atomic E-state index is 6.01. The highest BCUT2D eigenvalue weighted by molar-refractivity contribution is 7.09. The molecule has 0 saturated heterocycles. The van der Waals surface area contributed by atoms with Crippen molar-refractivity contribution in [2.24, 2.45) is 11.8 Å². The molecule has 1 aromatic heterocycles. The Kier molecular flexibility index (Phi) is 4.41. The number of halogens is 1. The Morgan fingerprint density at radius 2 is 2.12 bits per heavy atom. The second-order valence-corrected chi connectivity index (χ2v) is 5.55. The van der Waals surface area contributed by atoms with Crippen LogP contribution in [0.4, 0.5) is 5.13 Å². The molecule has 0 bridgehead atoms. The molecule has 0 aromatic carbocycles. The van der Waals surface area contributed by atoms with E-state index in [0.717, 1.165) is 23.4 Å². The number of nitrogens with zero attached hydrogens (tertiary/aromatic N) is 2. The number of alkyl halides is 1. The third-order valence-electron chi connectivity index (χ3n) is 3.31. The van der Waals surface area contributed by atoms with Crippen molar-refractivity contribution in [2.75, 3.05) is 17.7 Å². The minimum atomic E-state index is 0.678. The molecule has 1 aliphatic rings. The molecule has 0 radical (unpaired) electrons. The number of aromatic nitrogens is 2. The van der Waals surface area contributed by atoms with Crippen molar-refractivity contribution < 1.29 is 0 Å². The van der Waals surface area contributed by atoms with Crippen LogP contribution in [0.2, 0.25) is 0 Å². The Bertz CT molecular complexity index is 329. The van der Waals surface area contributed by atoms with E-state index in [0.29, 0.717) is 11.8 Å². The summed E-state index contributed by atoms with van der Waals surface area (Å²) in [5, 5.41) is 4.33. The summed E-state index contributed by atoms with van der Waals surface area (Å²) in [4.78, 5) is 4.31. The van der Waals surface area contributed by atoms with Gasteiger partial charge in [0.25, 0.3) is 0 Å². The molecule has 2 rings (SSSR count). The second-order valence-electron chi connectivity index (χ2n) is 4.49. The third-order valence-corrected chi connectivity index (χ3v) is 4.47. The van der Waals surface area contributed by atoms with Gasteiger partial charge in [-0.3, -0.25) is 0 Å². The van der Waals surface area contributed by atoms with Gasteiger partial charge in [-0.25, -0.2) is 4.98 Å². The lowest BCUT2D eigenvalue weighted by Gasteiger charge is -2.30. The lowest BCUT2D eigenvalue weighted by atomic mass is 9.80. The van der Waals surface area contributed by atoms with E-state index in [9.17, 15) is 0 Å². The Labute approximate surface area is 106 Å². The third kappa shape index (κ3) is 3.08. The fourth-order valence-electron chi connectivity index (χ4n) is 2.34. The van der Waals surface area contributed by atoms with E-state index in [1.54, 1.807) is 0 Å². The van der Waals surface area contributed by atoms with Gasteiger partial charge in [-0.05, 0) is 31.6 Å². The summed E-state index contributed by atoms with van der Waals surface area (Å²) in [7, 11) is 0. The van der Waals surface area contributed by atoms with Crippen LogP contribution in [0.1, 0.15) is 31.5 Å². The minimum Gasteiger partial charge on any atom is -0.360 e. The number of anilines is 1. The van der Waals surface area contributed by atoms with Gasteiger partial charge in [0, 0.05) is 24.0 Å². The van der Waals surface area contributed by atoms with Gasteiger partial charge in [-0.1, -0.05) is 12.8 Å². The summed E-state index contributed by atoms with van der Waals surface area (Å²) < 4.78 is 4.16. The summed E-state index contributed by atoms with van der Waals surface area (Å²) in [6.45, 7) is 2.91. The highest BCUT2D eigenvalue weighted by atomic mass is 35.5. The van der Waals surface area contributed by atoms with E-state index in [4.69, 9.17) is 11.6 Å². The minimum absolute atomic E-state index is 0.678. The normalized spacial score (nSPS) is 25.6. The molecule has 0 aliphatic heterocycles. The maximum absolute atomic E-state index is 6.01. The fourth-order valence-corrected chi connectivity index (χ4v) is 3.33. The van der Waals surface area contributed by atoms with Crippen molar-refractivity contribution in [1.82, 2.24) is 9.36 Å². The lowest BCUT2D eigenvalue weighted by molar-refractivity contribution is 0.272. The number of aryl methyl sites for hydroxylation is 1. The van der Waals surface area contributed by atoms with E-state index >= 15 is 0 Å². The highest BCUT2D eigenvalue weighted by Crippen LogP contribution is 2.31. The van der Waals surface area contributed by atoms with Gasteiger partial charge in [0.1, 0.15) is 5.82 Å². The van der Waals surface area contributed by atoms with Gasteiger partial charge < -0.3 is 5.32 Å². The van der Waals surface area contributed by atoms with Gasteiger partial charge in [0.2, 0.25) is 5.13 Å². The zero-order valence-electron chi connectivity index (χ0n) is 9.58. The van der Waals surface area contributed by atoms with Crippen molar-refractivity contribution in [3.63, 3.8) is 0 Å². The number of nitrogens with one attached hydrogen (secondary N) is 1. The topological polar surface area (TPSA) is 37.8 Å². The zero-order valence-corrected chi connectivity index (χ0v) is 11.2. The Balaban J connectivity index is 1.84. The van der Waals surface area contributed by atoms with E-state index < -0.39 is 0 Å². The first-order valence-corrected chi connectivity index (χ1v) is 7.20. The van der Waals surface area contributed by atoms with Gasteiger partial charge >= 0.3 is 0 Å². The van der Waals surface area contributed by atoms with Crippen LogP contribution < -0.4 is 5.32 Å². The lowest BCUT2D eigenvalue weighted by Crippen LogP contribution is -2.27. The molecule has 1 saturated carbocycles. The molecule has 1 aliphatic carbocycles. The first kappa shape index (κ1) is 12.1. The molecule has 0 amide bonds. The smallest absolute Gasteiger partial charge is 0.202 e. The second kappa shape index (κ2) is 5.82. The van der Waals surface area contributed by atoms with Gasteiger partial charge in [0.05, 0.1) is 0 Å². The van der Waals surface area contributed by atoms with Gasteiger partial charge in [0.15, 0.2) is 0 Å². The van der Waals surface area contributed by atoms with Crippen molar-refractivity contribution >= 4 is 28.3 Å². The Morgan fingerprint density at radius 1 is 1.38 bits per heavy atom. The van der Waals surface area contributed by atoms with Crippen molar-refractivity contribution in [1.29, 1.82) is 0 Å².